The number of rotatable bonds is 4. The number of piperidine rings is 2. The molecule has 1 unspecified atom stereocenters. The monoisotopic (exact) mass is 330 g/mol. The van der Waals surface area contributed by atoms with E-state index in [2.05, 4.69) is 22.1 Å². The molecule has 2 aliphatic heterocycles. The SMILES string of the molecule is CC1CCN(CC2CCCN(C(=O)NCc3ccncc3)C2)CC1. The zero-order valence-electron chi connectivity index (χ0n) is 14.8. The molecule has 5 heteroatoms. The smallest absolute Gasteiger partial charge is 0.317 e. The van der Waals surface area contributed by atoms with Gasteiger partial charge in [0.05, 0.1) is 0 Å². The van der Waals surface area contributed by atoms with Crippen LogP contribution in [0.1, 0.15) is 38.2 Å². The number of hydrogen-bond acceptors (Lipinski definition) is 3. The summed E-state index contributed by atoms with van der Waals surface area (Å²) in [5.41, 5.74) is 1.09. The highest BCUT2D eigenvalue weighted by Gasteiger charge is 2.26. The maximum absolute atomic E-state index is 12.4. The number of aromatic nitrogens is 1. The zero-order chi connectivity index (χ0) is 16.8. The molecule has 2 saturated heterocycles. The number of urea groups is 1. The van der Waals surface area contributed by atoms with Gasteiger partial charge in [-0.05, 0) is 68.3 Å². The fraction of sp³-hybridized carbons (Fsp3) is 0.684. The van der Waals surface area contributed by atoms with Crippen LogP contribution in [0.25, 0.3) is 0 Å². The topological polar surface area (TPSA) is 48.5 Å². The van der Waals surface area contributed by atoms with Gasteiger partial charge in [0.2, 0.25) is 0 Å². The molecular weight excluding hydrogens is 300 g/mol. The van der Waals surface area contributed by atoms with Crippen LogP contribution in [0.3, 0.4) is 0 Å². The second-order valence-corrected chi connectivity index (χ2v) is 7.45. The molecule has 0 bridgehead atoms. The molecule has 0 saturated carbocycles. The van der Waals surface area contributed by atoms with Crippen molar-refractivity contribution < 1.29 is 4.79 Å². The van der Waals surface area contributed by atoms with E-state index in [1.54, 1.807) is 12.4 Å². The number of pyridine rings is 1. The molecule has 2 aliphatic rings. The second kappa shape index (κ2) is 8.47. The Kier molecular flexibility index (Phi) is 6.07. The number of nitrogens with one attached hydrogen (secondary N) is 1. The van der Waals surface area contributed by atoms with Crippen LogP contribution in [0, 0.1) is 11.8 Å². The highest BCUT2D eigenvalue weighted by molar-refractivity contribution is 5.74. The Morgan fingerprint density at radius 2 is 1.96 bits per heavy atom. The lowest BCUT2D eigenvalue weighted by Gasteiger charge is -2.37. The first-order chi connectivity index (χ1) is 11.7. The molecule has 0 radical (unpaired) electrons. The molecule has 2 fully saturated rings. The fourth-order valence-electron chi connectivity index (χ4n) is 3.80. The van der Waals surface area contributed by atoms with E-state index in [9.17, 15) is 4.79 Å². The van der Waals surface area contributed by atoms with Gasteiger partial charge in [0.15, 0.2) is 0 Å². The van der Waals surface area contributed by atoms with Crippen LogP contribution in [0.2, 0.25) is 0 Å². The summed E-state index contributed by atoms with van der Waals surface area (Å²) < 4.78 is 0. The molecule has 5 nitrogen and oxygen atoms in total. The van der Waals surface area contributed by atoms with Crippen molar-refractivity contribution in [3.05, 3.63) is 30.1 Å². The summed E-state index contributed by atoms with van der Waals surface area (Å²) in [4.78, 5) is 21.0. The van der Waals surface area contributed by atoms with Crippen molar-refractivity contribution in [3.8, 4) is 0 Å². The van der Waals surface area contributed by atoms with Gasteiger partial charge in [-0.15, -0.1) is 0 Å². The van der Waals surface area contributed by atoms with Crippen molar-refractivity contribution in [2.24, 2.45) is 11.8 Å². The van der Waals surface area contributed by atoms with Crippen molar-refractivity contribution in [2.45, 2.75) is 39.2 Å². The van der Waals surface area contributed by atoms with Crippen molar-refractivity contribution in [2.75, 3.05) is 32.7 Å². The Balaban J connectivity index is 1.43. The van der Waals surface area contributed by atoms with Gasteiger partial charge in [0.25, 0.3) is 0 Å². The predicted octanol–water partition coefficient (Wildman–Crippen LogP) is 2.74. The number of carbonyl (C=O) groups is 1. The van der Waals surface area contributed by atoms with Crippen molar-refractivity contribution >= 4 is 6.03 Å². The van der Waals surface area contributed by atoms with Gasteiger partial charge in [0, 0.05) is 38.6 Å². The van der Waals surface area contributed by atoms with Gasteiger partial charge in [-0.2, -0.15) is 0 Å². The highest BCUT2D eigenvalue weighted by atomic mass is 16.2. The van der Waals surface area contributed by atoms with E-state index in [0.717, 1.165) is 37.5 Å². The van der Waals surface area contributed by atoms with E-state index in [4.69, 9.17) is 0 Å². The normalized spacial score (nSPS) is 23.2. The van der Waals surface area contributed by atoms with Crippen LogP contribution in [0.5, 0.6) is 0 Å². The molecule has 0 spiro atoms. The molecule has 3 rings (SSSR count). The molecule has 3 heterocycles. The first-order valence-electron chi connectivity index (χ1n) is 9.34. The molecular formula is C19H30N4O. The number of carbonyl (C=O) groups excluding carboxylic acids is 1. The summed E-state index contributed by atoms with van der Waals surface area (Å²) in [6, 6.07) is 3.96. The van der Waals surface area contributed by atoms with Crippen LogP contribution in [0.4, 0.5) is 4.79 Å². The molecule has 1 aromatic heterocycles. The second-order valence-electron chi connectivity index (χ2n) is 7.45. The highest BCUT2D eigenvalue weighted by Crippen LogP contribution is 2.21. The quantitative estimate of drug-likeness (QED) is 0.923. The third-order valence-corrected chi connectivity index (χ3v) is 5.39. The third kappa shape index (κ3) is 4.94. The van der Waals surface area contributed by atoms with Gasteiger partial charge in [-0.25, -0.2) is 4.79 Å². The summed E-state index contributed by atoms with van der Waals surface area (Å²) >= 11 is 0. The standard InChI is InChI=1S/C19H30N4O/c1-16-6-11-22(12-7-16)14-18-3-2-10-23(15-18)19(24)21-13-17-4-8-20-9-5-17/h4-5,8-9,16,18H,2-3,6-7,10-15H2,1H3,(H,21,24). The van der Waals surface area contributed by atoms with Crippen LogP contribution in [-0.2, 0) is 6.54 Å². The lowest BCUT2D eigenvalue weighted by molar-refractivity contribution is 0.120. The molecule has 0 aliphatic carbocycles. The van der Waals surface area contributed by atoms with E-state index in [1.807, 2.05) is 17.0 Å². The van der Waals surface area contributed by atoms with Crippen molar-refractivity contribution in [1.82, 2.24) is 20.1 Å². The molecule has 1 atom stereocenters. The summed E-state index contributed by atoms with van der Waals surface area (Å²) in [6.07, 6.45) is 8.54. The van der Waals surface area contributed by atoms with E-state index >= 15 is 0 Å². The van der Waals surface area contributed by atoms with Gasteiger partial charge in [-0.3, -0.25) is 4.98 Å². The average molecular weight is 330 g/mol. The van der Waals surface area contributed by atoms with E-state index < -0.39 is 0 Å². The summed E-state index contributed by atoms with van der Waals surface area (Å²) in [6.45, 7) is 8.32. The average Bonchev–Trinajstić information content (AvgIpc) is 2.63. The van der Waals surface area contributed by atoms with Crippen LogP contribution >= 0.6 is 0 Å². The van der Waals surface area contributed by atoms with Gasteiger partial charge < -0.3 is 15.1 Å². The first kappa shape index (κ1) is 17.2. The van der Waals surface area contributed by atoms with E-state index in [1.165, 1.54) is 32.4 Å². The lowest BCUT2D eigenvalue weighted by Crippen LogP contribution is -2.48. The van der Waals surface area contributed by atoms with Crippen molar-refractivity contribution in [1.29, 1.82) is 0 Å². The molecule has 0 aromatic carbocycles. The predicted molar refractivity (Wildman–Crippen MR) is 95.6 cm³/mol. The summed E-state index contributed by atoms with van der Waals surface area (Å²) in [7, 11) is 0. The molecule has 132 valence electrons. The molecule has 2 amide bonds. The first-order valence-corrected chi connectivity index (χ1v) is 9.34. The number of amides is 2. The summed E-state index contributed by atoms with van der Waals surface area (Å²) in [5, 5.41) is 3.04. The molecule has 1 aromatic rings. The van der Waals surface area contributed by atoms with Crippen LogP contribution < -0.4 is 5.32 Å². The Bertz CT molecular complexity index is 513. The lowest BCUT2D eigenvalue weighted by atomic mass is 9.94. The van der Waals surface area contributed by atoms with Crippen LogP contribution in [-0.4, -0.2) is 53.5 Å². The third-order valence-electron chi connectivity index (χ3n) is 5.39. The minimum Gasteiger partial charge on any atom is -0.334 e. The van der Waals surface area contributed by atoms with Crippen LogP contribution in [0.15, 0.2) is 24.5 Å². The van der Waals surface area contributed by atoms with E-state index in [-0.39, 0.29) is 6.03 Å². The minimum atomic E-state index is 0.0729. The Morgan fingerprint density at radius 3 is 2.71 bits per heavy atom. The summed E-state index contributed by atoms with van der Waals surface area (Å²) in [5.74, 6) is 1.50. The van der Waals surface area contributed by atoms with Gasteiger partial charge in [-0.1, -0.05) is 6.92 Å². The molecule has 24 heavy (non-hydrogen) atoms. The van der Waals surface area contributed by atoms with E-state index in [0.29, 0.717) is 12.5 Å². The number of hydrogen-bond donors (Lipinski definition) is 1. The van der Waals surface area contributed by atoms with Crippen molar-refractivity contribution in [3.63, 3.8) is 0 Å². The number of nitrogens with zero attached hydrogens (tertiary/aromatic N) is 3. The fourth-order valence-corrected chi connectivity index (χ4v) is 3.80. The largest absolute Gasteiger partial charge is 0.334 e. The molecule has 1 N–H and O–H groups in total. The van der Waals surface area contributed by atoms with Gasteiger partial charge >= 0.3 is 6.03 Å². The maximum atomic E-state index is 12.4. The Morgan fingerprint density at radius 1 is 1.21 bits per heavy atom. The number of likely N-dealkylation sites (tertiary alicyclic amines) is 2. The Labute approximate surface area is 145 Å². The van der Waals surface area contributed by atoms with Gasteiger partial charge in [0.1, 0.15) is 0 Å². The maximum Gasteiger partial charge on any atom is 0.317 e. The minimum absolute atomic E-state index is 0.0729. The zero-order valence-corrected chi connectivity index (χ0v) is 14.8. The Hall–Kier alpha value is -1.62.